The number of aromatic nitrogens is 2. The Morgan fingerprint density at radius 3 is 2.42 bits per heavy atom. The maximum Gasteiger partial charge on any atom is 0.419 e. The molecule has 10 heteroatoms. The fraction of sp³-hybridized carbons (Fsp3) is 0.391. The molecule has 1 heterocycles. The number of aliphatic hydroxyl groups is 1. The van der Waals surface area contributed by atoms with E-state index in [0.29, 0.717) is 18.4 Å². The summed E-state index contributed by atoms with van der Waals surface area (Å²) in [4.78, 5) is 0. The molecule has 1 atom stereocenters. The van der Waals surface area contributed by atoms with Crippen LogP contribution in [0.3, 0.4) is 0 Å². The van der Waals surface area contributed by atoms with Crippen LogP contribution in [-0.2, 0) is 23.8 Å². The number of ether oxygens (including phenoxy) is 2. The zero-order valence-corrected chi connectivity index (χ0v) is 18.0. The second kappa shape index (κ2) is 9.12. The molecule has 3 N–H and O–H groups in total. The fourth-order valence-electron chi connectivity index (χ4n) is 3.86. The first-order valence-electron chi connectivity index (χ1n) is 10.4. The number of hydrogen-bond acceptors (Lipinski definition) is 7. The number of alkyl halides is 3. The largest absolute Gasteiger partial charge is 0.491 e. The first kappa shape index (κ1) is 23.2. The Kier molecular flexibility index (Phi) is 6.42. The number of hydrogen-bond donors (Lipinski definition) is 2. The van der Waals surface area contributed by atoms with Crippen LogP contribution in [0.4, 0.5) is 13.2 Å². The topological polar surface area (TPSA) is 104 Å². The number of methoxy groups -OCH3 is 1. The molecule has 1 aliphatic rings. The van der Waals surface area contributed by atoms with Crippen LogP contribution in [0.1, 0.15) is 23.1 Å². The summed E-state index contributed by atoms with van der Waals surface area (Å²) in [6.45, 7) is 0.0346. The van der Waals surface area contributed by atoms with Crippen molar-refractivity contribution >= 4 is 0 Å². The van der Waals surface area contributed by atoms with Gasteiger partial charge in [0.05, 0.1) is 18.8 Å². The Labute approximate surface area is 188 Å². The Hall–Kier alpha value is -2.95. The molecule has 0 bridgehead atoms. The van der Waals surface area contributed by atoms with Gasteiger partial charge >= 0.3 is 6.18 Å². The van der Waals surface area contributed by atoms with E-state index in [4.69, 9.17) is 19.6 Å². The summed E-state index contributed by atoms with van der Waals surface area (Å²) in [7, 11) is 1.44. The molecule has 0 saturated carbocycles. The number of nitrogens with two attached hydrogens (primary N) is 1. The van der Waals surface area contributed by atoms with Crippen LogP contribution in [-0.4, -0.2) is 47.8 Å². The molecule has 0 saturated heterocycles. The first-order valence-corrected chi connectivity index (χ1v) is 10.4. The number of halogens is 3. The van der Waals surface area contributed by atoms with Crippen molar-refractivity contribution in [2.45, 2.75) is 31.0 Å². The molecule has 176 valence electrons. The van der Waals surface area contributed by atoms with Crippen LogP contribution in [0.15, 0.2) is 40.8 Å². The fourth-order valence-corrected chi connectivity index (χ4v) is 3.86. The van der Waals surface area contributed by atoms with Crippen molar-refractivity contribution in [2.24, 2.45) is 5.73 Å². The molecule has 0 aliphatic heterocycles. The lowest BCUT2D eigenvalue weighted by molar-refractivity contribution is -0.139. The second-order valence-corrected chi connectivity index (χ2v) is 8.14. The van der Waals surface area contributed by atoms with Crippen molar-refractivity contribution in [3.63, 3.8) is 0 Å². The van der Waals surface area contributed by atoms with Crippen LogP contribution in [0.2, 0.25) is 0 Å². The van der Waals surface area contributed by atoms with Gasteiger partial charge in [-0.2, -0.15) is 13.2 Å². The molecule has 0 amide bonds. The van der Waals surface area contributed by atoms with Crippen LogP contribution >= 0.6 is 0 Å². The lowest BCUT2D eigenvalue weighted by atomic mass is 9.78. The minimum Gasteiger partial charge on any atom is -0.491 e. The van der Waals surface area contributed by atoms with Gasteiger partial charge in [0.15, 0.2) is 0 Å². The molecule has 3 aromatic rings. The van der Waals surface area contributed by atoms with E-state index >= 15 is 0 Å². The third-order valence-corrected chi connectivity index (χ3v) is 5.70. The zero-order valence-electron chi connectivity index (χ0n) is 18.0. The minimum absolute atomic E-state index is 0.0116. The van der Waals surface area contributed by atoms with Gasteiger partial charge < -0.3 is 24.7 Å². The van der Waals surface area contributed by atoms with Crippen molar-refractivity contribution in [1.82, 2.24) is 10.2 Å². The Balaban J connectivity index is 1.62. The summed E-state index contributed by atoms with van der Waals surface area (Å²) in [6, 6.07) is 9.23. The number of aryl methyl sites for hydroxylation is 1. The number of nitrogens with zero attached hydrogens (tertiary/aromatic N) is 2. The number of benzene rings is 2. The molecule has 1 aromatic heterocycles. The van der Waals surface area contributed by atoms with E-state index in [2.05, 4.69) is 10.2 Å². The number of rotatable bonds is 7. The molecule has 7 nitrogen and oxygen atoms in total. The molecule has 1 aliphatic carbocycles. The van der Waals surface area contributed by atoms with Crippen LogP contribution in [0.25, 0.3) is 22.9 Å². The van der Waals surface area contributed by atoms with E-state index < -0.39 is 17.3 Å². The van der Waals surface area contributed by atoms with Gasteiger partial charge in [-0.25, -0.2) is 0 Å². The van der Waals surface area contributed by atoms with Crippen molar-refractivity contribution in [3.8, 4) is 28.7 Å². The predicted molar refractivity (Wildman–Crippen MR) is 114 cm³/mol. The Morgan fingerprint density at radius 2 is 1.76 bits per heavy atom. The van der Waals surface area contributed by atoms with Gasteiger partial charge in [-0.15, -0.1) is 10.2 Å². The molecule has 0 radical (unpaired) electrons. The molecule has 4 rings (SSSR count). The summed E-state index contributed by atoms with van der Waals surface area (Å²) in [6.07, 6.45) is -2.68. The lowest BCUT2D eigenvalue weighted by Crippen LogP contribution is -2.48. The van der Waals surface area contributed by atoms with Crippen molar-refractivity contribution in [2.75, 3.05) is 26.9 Å². The van der Waals surface area contributed by atoms with Gasteiger partial charge in [0.1, 0.15) is 12.4 Å². The average molecular weight is 463 g/mol. The summed E-state index contributed by atoms with van der Waals surface area (Å²) < 4.78 is 56.4. The van der Waals surface area contributed by atoms with E-state index in [-0.39, 0.29) is 42.9 Å². The third kappa shape index (κ3) is 5.02. The highest BCUT2D eigenvalue weighted by molar-refractivity contribution is 5.61. The smallest absolute Gasteiger partial charge is 0.419 e. The Bertz CT molecular complexity index is 1130. The van der Waals surface area contributed by atoms with Crippen molar-refractivity contribution in [3.05, 3.63) is 53.1 Å². The molecule has 33 heavy (non-hydrogen) atoms. The average Bonchev–Trinajstić information content (AvgIpc) is 3.28. The normalized spacial score (nSPS) is 18.2. The molecular weight excluding hydrogens is 439 g/mol. The van der Waals surface area contributed by atoms with E-state index in [1.54, 1.807) is 0 Å². The quantitative estimate of drug-likeness (QED) is 0.516. The van der Waals surface area contributed by atoms with E-state index in [1.807, 2.05) is 18.2 Å². The molecule has 2 aromatic carbocycles. The lowest BCUT2D eigenvalue weighted by Gasteiger charge is -2.33. The van der Waals surface area contributed by atoms with Crippen LogP contribution in [0.5, 0.6) is 5.75 Å². The summed E-state index contributed by atoms with van der Waals surface area (Å²) in [5.74, 6) is -0.161. The van der Waals surface area contributed by atoms with Gasteiger partial charge in [-0.1, -0.05) is 6.07 Å². The van der Waals surface area contributed by atoms with E-state index in [1.165, 1.54) is 19.2 Å². The van der Waals surface area contributed by atoms with Crippen molar-refractivity contribution in [1.29, 1.82) is 0 Å². The van der Waals surface area contributed by atoms with Gasteiger partial charge in [-0.3, -0.25) is 0 Å². The monoisotopic (exact) mass is 463 g/mol. The molecular formula is C23H24F3N3O4. The van der Waals surface area contributed by atoms with Crippen molar-refractivity contribution < 1.29 is 32.2 Å². The van der Waals surface area contributed by atoms with Gasteiger partial charge in [0.2, 0.25) is 11.8 Å². The van der Waals surface area contributed by atoms with Gasteiger partial charge in [0.25, 0.3) is 0 Å². The number of aliphatic hydroxyl groups excluding tert-OH is 1. The highest BCUT2D eigenvalue weighted by atomic mass is 19.4. The SMILES string of the molecule is COCCOc1ccc(-c2nnc(-c3ccc4c(c3)CC(N)(CO)CC4)o2)cc1C(F)(F)F. The summed E-state index contributed by atoms with van der Waals surface area (Å²) in [5, 5.41) is 17.5. The Morgan fingerprint density at radius 1 is 1.06 bits per heavy atom. The van der Waals surface area contributed by atoms with Crippen LogP contribution in [0, 0.1) is 0 Å². The molecule has 0 spiro atoms. The van der Waals surface area contributed by atoms with Crippen LogP contribution < -0.4 is 10.5 Å². The standard InChI is InChI=1S/C23H24F3N3O4/c1-31-8-9-32-19-5-4-16(11-18(19)23(24,25)26)21-29-28-20(33-21)15-3-2-14-6-7-22(27,13-30)12-17(14)10-15/h2-5,10-11,30H,6-9,12-13,27H2,1H3. The second-order valence-electron chi connectivity index (χ2n) is 8.14. The van der Waals surface area contributed by atoms with Gasteiger partial charge in [-0.05, 0) is 60.7 Å². The minimum atomic E-state index is -4.62. The van der Waals surface area contributed by atoms with Gasteiger partial charge in [0, 0.05) is 23.8 Å². The third-order valence-electron chi connectivity index (χ3n) is 5.70. The maximum absolute atomic E-state index is 13.6. The zero-order chi connectivity index (χ0) is 23.6. The van der Waals surface area contributed by atoms with E-state index in [0.717, 1.165) is 23.6 Å². The summed E-state index contributed by atoms with van der Waals surface area (Å²) in [5.41, 5.74) is 7.48. The summed E-state index contributed by atoms with van der Waals surface area (Å²) >= 11 is 0. The highest BCUT2D eigenvalue weighted by Gasteiger charge is 2.35. The maximum atomic E-state index is 13.6. The highest BCUT2D eigenvalue weighted by Crippen LogP contribution is 2.39. The predicted octanol–water partition coefficient (Wildman–Crippen LogP) is 3.63. The molecule has 0 fully saturated rings. The number of fused-ring (bicyclic) bond motifs is 1. The first-order chi connectivity index (χ1) is 15.7. The molecule has 1 unspecified atom stereocenters. The van der Waals surface area contributed by atoms with E-state index in [9.17, 15) is 18.3 Å².